The summed E-state index contributed by atoms with van der Waals surface area (Å²) in [7, 11) is 0. The van der Waals surface area contributed by atoms with Crippen molar-refractivity contribution in [2.45, 2.75) is 25.2 Å². The minimum atomic E-state index is -2.63. The fourth-order valence-electron chi connectivity index (χ4n) is 1.99. The van der Waals surface area contributed by atoms with E-state index in [9.17, 15) is 13.6 Å². The maximum atomic E-state index is 12.6. The van der Waals surface area contributed by atoms with Crippen LogP contribution < -0.4 is 0 Å². The van der Waals surface area contributed by atoms with E-state index >= 15 is 0 Å². The number of carboxylic acids is 1. The molecule has 1 aliphatic heterocycles. The summed E-state index contributed by atoms with van der Waals surface area (Å²) >= 11 is 0. The highest BCUT2D eigenvalue weighted by molar-refractivity contribution is 5.75. The van der Waals surface area contributed by atoms with Crippen LogP contribution >= 0.6 is 0 Å². The second kappa shape index (κ2) is 2.89. The molecular formula is C9H12F2O3. The van der Waals surface area contributed by atoms with Gasteiger partial charge in [0.05, 0.1) is 12.0 Å². The zero-order valence-corrected chi connectivity index (χ0v) is 7.63. The number of hydrogen-bond donors (Lipinski definition) is 1. The Bertz CT molecular complexity index is 259. The molecule has 2 atom stereocenters. The van der Waals surface area contributed by atoms with Gasteiger partial charge in [0, 0.05) is 18.9 Å². The summed E-state index contributed by atoms with van der Waals surface area (Å²) in [5.74, 6) is -4.39. The lowest BCUT2D eigenvalue weighted by Crippen LogP contribution is -2.32. The van der Waals surface area contributed by atoms with Gasteiger partial charge in [-0.15, -0.1) is 0 Å². The number of ether oxygens (including phenoxy) is 1. The van der Waals surface area contributed by atoms with Gasteiger partial charge >= 0.3 is 5.97 Å². The maximum Gasteiger partial charge on any atom is 0.312 e. The molecule has 1 aliphatic carbocycles. The standard InChI is InChI=1S/C9H12F2O3/c10-9(11)4-6(9)3-8(7(12)13)1-2-14-5-8/h6H,1-5H2,(H,12,13). The highest BCUT2D eigenvalue weighted by atomic mass is 19.3. The summed E-state index contributed by atoms with van der Waals surface area (Å²) in [5.41, 5.74) is -1.05. The topological polar surface area (TPSA) is 46.5 Å². The predicted octanol–water partition coefficient (Wildman–Crippen LogP) is 1.52. The number of carbonyl (C=O) groups is 1. The van der Waals surface area contributed by atoms with Crippen molar-refractivity contribution in [2.24, 2.45) is 11.3 Å². The molecule has 0 radical (unpaired) electrons. The quantitative estimate of drug-likeness (QED) is 0.761. The predicted molar refractivity (Wildman–Crippen MR) is 43.2 cm³/mol. The Hall–Kier alpha value is -0.710. The number of alkyl halides is 2. The van der Waals surface area contributed by atoms with Gasteiger partial charge in [-0.3, -0.25) is 4.79 Å². The zero-order valence-electron chi connectivity index (χ0n) is 7.63. The Morgan fingerprint density at radius 3 is 2.57 bits per heavy atom. The molecule has 1 saturated heterocycles. The lowest BCUT2D eigenvalue weighted by Gasteiger charge is -2.21. The minimum absolute atomic E-state index is 0.0509. The van der Waals surface area contributed by atoms with E-state index in [1.165, 1.54) is 0 Å². The minimum Gasteiger partial charge on any atom is -0.481 e. The van der Waals surface area contributed by atoms with Gasteiger partial charge in [-0.1, -0.05) is 0 Å². The molecule has 5 heteroatoms. The van der Waals surface area contributed by atoms with Gasteiger partial charge in [-0.05, 0) is 12.8 Å². The molecule has 1 N–H and O–H groups in total. The molecule has 2 fully saturated rings. The molecule has 0 aromatic rings. The van der Waals surface area contributed by atoms with Gasteiger partial charge in [0.2, 0.25) is 0 Å². The Labute approximate surface area is 80.0 Å². The van der Waals surface area contributed by atoms with Gasteiger partial charge in [0.15, 0.2) is 0 Å². The molecule has 0 spiro atoms. The fourth-order valence-corrected chi connectivity index (χ4v) is 1.99. The van der Waals surface area contributed by atoms with Gasteiger partial charge < -0.3 is 9.84 Å². The largest absolute Gasteiger partial charge is 0.481 e. The summed E-state index contributed by atoms with van der Waals surface area (Å²) in [6, 6.07) is 0. The molecule has 1 heterocycles. The van der Waals surface area contributed by atoms with Crippen LogP contribution in [0.2, 0.25) is 0 Å². The average molecular weight is 206 g/mol. The second-order valence-electron chi connectivity index (χ2n) is 4.25. The third-order valence-corrected chi connectivity index (χ3v) is 3.15. The third-order valence-electron chi connectivity index (χ3n) is 3.15. The van der Waals surface area contributed by atoms with E-state index in [1.54, 1.807) is 0 Å². The van der Waals surface area contributed by atoms with E-state index in [4.69, 9.17) is 9.84 Å². The normalized spacial score (nSPS) is 39.7. The fraction of sp³-hybridized carbons (Fsp3) is 0.889. The van der Waals surface area contributed by atoms with Crippen LogP contribution in [0.25, 0.3) is 0 Å². The first-order valence-corrected chi connectivity index (χ1v) is 4.65. The highest BCUT2D eigenvalue weighted by Crippen LogP contribution is 2.55. The number of aliphatic carboxylic acids is 1. The Morgan fingerprint density at radius 1 is 1.57 bits per heavy atom. The molecule has 0 aromatic heterocycles. The molecular weight excluding hydrogens is 194 g/mol. The van der Waals surface area contributed by atoms with E-state index in [2.05, 4.69) is 0 Å². The van der Waals surface area contributed by atoms with Crippen molar-refractivity contribution in [1.82, 2.24) is 0 Å². The van der Waals surface area contributed by atoms with Crippen LogP contribution in [0.3, 0.4) is 0 Å². The van der Waals surface area contributed by atoms with E-state index in [0.29, 0.717) is 13.0 Å². The van der Waals surface area contributed by atoms with Crippen LogP contribution in [0, 0.1) is 11.3 Å². The van der Waals surface area contributed by atoms with E-state index < -0.39 is 23.2 Å². The molecule has 0 aromatic carbocycles. The number of carboxylic acid groups (broad SMARTS) is 1. The van der Waals surface area contributed by atoms with E-state index in [-0.39, 0.29) is 19.4 Å². The van der Waals surface area contributed by atoms with Crippen molar-refractivity contribution in [3.05, 3.63) is 0 Å². The number of halogens is 2. The first kappa shape index (κ1) is 9.83. The molecule has 2 unspecified atom stereocenters. The van der Waals surface area contributed by atoms with Crippen molar-refractivity contribution in [1.29, 1.82) is 0 Å². The lowest BCUT2D eigenvalue weighted by atomic mass is 9.82. The molecule has 2 rings (SSSR count). The zero-order chi connectivity index (χ0) is 10.4. The summed E-state index contributed by atoms with van der Waals surface area (Å²) < 4.78 is 30.3. The maximum absolute atomic E-state index is 12.6. The van der Waals surface area contributed by atoms with Crippen molar-refractivity contribution >= 4 is 5.97 Å². The third kappa shape index (κ3) is 1.49. The number of hydrogen-bond acceptors (Lipinski definition) is 2. The summed E-state index contributed by atoms with van der Waals surface area (Å²) in [6.45, 7) is 0.444. The van der Waals surface area contributed by atoms with Gasteiger partial charge in [0.25, 0.3) is 5.92 Å². The molecule has 0 amide bonds. The highest BCUT2D eigenvalue weighted by Gasteiger charge is 2.61. The Balaban J connectivity index is 2.02. The summed E-state index contributed by atoms with van der Waals surface area (Å²) in [6.07, 6.45) is 0.242. The smallest absolute Gasteiger partial charge is 0.312 e. The monoisotopic (exact) mass is 206 g/mol. The van der Waals surface area contributed by atoms with Crippen molar-refractivity contribution < 1.29 is 23.4 Å². The Morgan fingerprint density at radius 2 is 2.21 bits per heavy atom. The van der Waals surface area contributed by atoms with Crippen LogP contribution in [0.15, 0.2) is 0 Å². The second-order valence-corrected chi connectivity index (χ2v) is 4.25. The van der Waals surface area contributed by atoms with Crippen molar-refractivity contribution in [3.8, 4) is 0 Å². The molecule has 1 saturated carbocycles. The summed E-state index contributed by atoms with van der Waals surface area (Å²) in [5, 5.41) is 8.99. The van der Waals surface area contributed by atoms with Crippen LogP contribution in [0.5, 0.6) is 0 Å². The Kier molecular flexibility index (Phi) is 2.03. The molecule has 0 bridgehead atoms. The summed E-state index contributed by atoms with van der Waals surface area (Å²) in [4.78, 5) is 11.0. The molecule has 80 valence electrons. The van der Waals surface area contributed by atoms with Crippen LogP contribution in [0.1, 0.15) is 19.3 Å². The lowest BCUT2D eigenvalue weighted by molar-refractivity contribution is -0.150. The average Bonchev–Trinajstić information content (AvgIpc) is 2.51. The van der Waals surface area contributed by atoms with Gasteiger partial charge in [0.1, 0.15) is 0 Å². The number of rotatable bonds is 3. The SMILES string of the molecule is O=C(O)C1(CC2CC2(F)F)CCOC1. The first-order valence-electron chi connectivity index (χ1n) is 4.65. The van der Waals surface area contributed by atoms with E-state index in [1.807, 2.05) is 0 Å². The molecule has 2 aliphatic rings. The van der Waals surface area contributed by atoms with Gasteiger partial charge in [-0.25, -0.2) is 8.78 Å². The van der Waals surface area contributed by atoms with Crippen molar-refractivity contribution in [2.75, 3.05) is 13.2 Å². The van der Waals surface area contributed by atoms with Crippen LogP contribution in [-0.2, 0) is 9.53 Å². The molecule has 14 heavy (non-hydrogen) atoms. The van der Waals surface area contributed by atoms with Crippen LogP contribution in [0.4, 0.5) is 8.78 Å². The van der Waals surface area contributed by atoms with Crippen LogP contribution in [-0.4, -0.2) is 30.2 Å². The van der Waals surface area contributed by atoms with E-state index in [0.717, 1.165) is 0 Å². The first-order chi connectivity index (χ1) is 6.46. The molecule has 3 nitrogen and oxygen atoms in total. The van der Waals surface area contributed by atoms with Gasteiger partial charge in [-0.2, -0.15) is 0 Å². The van der Waals surface area contributed by atoms with Crippen molar-refractivity contribution in [3.63, 3.8) is 0 Å².